The molecule has 1 aliphatic heterocycles. The predicted octanol–water partition coefficient (Wildman–Crippen LogP) is 8.39. The van der Waals surface area contributed by atoms with Gasteiger partial charge < -0.3 is 14.2 Å². The average Bonchev–Trinajstić information content (AvgIpc) is 2.77. The summed E-state index contributed by atoms with van der Waals surface area (Å²) in [7, 11) is -2.04. The van der Waals surface area contributed by atoms with Gasteiger partial charge in [0.2, 0.25) is 0 Å². The number of hydrogen-bond acceptors (Lipinski definition) is 3. The van der Waals surface area contributed by atoms with Crippen LogP contribution in [0.2, 0.25) is 0 Å². The molecule has 194 valence electrons. The van der Waals surface area contributed by atoms with Crippen molar-refractivity contribution in [2.24, 2.45) is 11.3 Å². The smallest absolute Gasteiger partial charge is 0.119 e. The molecule has 0 radical (unpaired) electrons. The molecule has 1 saturated heterocycles. The molecule has 1 fully saturated rings. The number of ether oxygens (including phenoxy) is 1. The maximum Gasteiger partial charge on any atom is 0.119 e. The number of hydrogen-bond donors (Lipinski definition) is 0. The Morgan fingerprint density at radius 2 is 1.80 bits per heavy atom. The lowest BCUT2D eigenvalue weighted by molar-refractivity contribution is 0.222. The van der Waals surface area contributed by atoms with E-state index in [0.29, 0.717) is 11.3 Å². The lowest BCUT2D eigenvalue weighted by Crippen LogP contribution is -2.36. The first-order valence-electron chi connectivity index (χ1n) is 13.5. The predicted molar refractivity (Wildman–Crippen MR) is 153 cm³/mol. The zero-order valence-corrected chi connectivity index (χ0v) is 24.2. The van der Waals surface area contributed by atoms with E-state index < -0.39 is 7.14 Å². The Morgan fingerprint density at radius 1 is 1.09 bits per heavy atom. The molecule has 2 aromatic rings. The lowest BCUT2D eigenvalue weighted by atomic mass is 9.88. The van der Waals surface area contributed by atoms with E-state index in [9.17, 15) is 4.57 Å². The van der Waals surface area contributed by atoms with Gasteiger partial charge in [0.1, 0.15) is 5.75 Å². The highest BCUT2D eigenvalue weighted by molar-refractivity contribution is 7.62. The first-order valence-corrected chi connectivity index (χ1v) is 16.3. The Labute approximate surface area is 215 Å². The van der Waals surface area contributed by atoms with Crippen molar-refractivity contribution in [2.45, 2.75) is 72.6 Å². The van der Waals surface area contributed by atoms with Gasteiger partial charge in [-0.2, -0.15) is 0 Å². The molecule has 0 aromatic heterocycles. The molecular weight excluding hydrogens is 449 g/mol. The molecule has 0 saturated carbocycles. The molecule has 2 aromatic carbocycles. The van der Waals surface area contributed by atoms with Gasteiger partial charge in [0.05, 0.1) is 13.7 Å². The maximum absolute atomic E-state index is 12.2. The topological polar surface area (TPSA) is 29.5 Å². The maximum atomic E-state index is 12.2. The van der Waals surface area contributed by atoms with Crippen LogP contribution >= 0.6 is 7.14 Å². The van der Waals surface area contributed by atoms with Crippen molar-refractivity contribution >= 4 is 12.8 Å². The van der Waals surface area contributed by atoms with E-state index >= 15 is 0 Å². The lowest BCUT2D eigenvalue weighted by Gasteiger charge is -2.35. The average molecular weight is 498 g/mol. The quantitative estimate of drug-likeness (QED) is 0.309. The van der Waals surface area contributed by atoms with Crippen LogP contribution in [-0.4, -0.2) is 39.2 Å². The molecule has 1 aliphatic rings. The fourth-order valence-corrected chi connectivity index (χ4v) is 6.75. The highest BCUT2D eigenvalue weighted by Gasteiger charge is 2.22. The Balaban J connectivity index is 1.53. The highest BCUT2D eigenvalue weighted by atomic mass is 31.2. The summed E-state index contributed by atoms with van der Waals surface area (Å²) in [5, 5.41) is 0. The van der Waals surface area contributed by atoms with Crippen molar-refractivity contribution in [3.05, 3.63) is 59.2 Å². The van der Waals surface area contributed by atoms with Crippen LogP contribution in [0.4, 0.5) is 5.69 Å². The van der Waals surface area contributed by atoms with Gasteiger partial charge in [0.15, 0.2) is 0 Å². The van der Waals surface area contributed by atoms with Crippen molar-refractivity contribution in [3.63, 3.8) is 0 Å². The first-order chi connectivity index (χ1) is 16.4. The summed E-state index contributed by atoms with van der Waals surface area (Å²) in [5.74, 6) is 1.82. The minimum absolute atomic E-state index is 0.287. The van der Waals surface area contributed by atoms with Gasteiger partial charge >= 0.3 is 0 Å². The van der Waals surface area contributed by atoms with Crippen molar-refractivity contribution in [2.75, 3.05) is 44.1 Å². The Hall–Kier alpha value is -1.73. The Morgan fingerprint density at radius 3 is 2.46 bits per heavy atom. The third-order valence-corrected chi connectivity index (χ3v) is 8.62. The van der Waals surface area contributed by atoms with E-state index in [-0.39, 0.29) is 5.92 Å². The molecule has 1 atom stereocenters. The zero-order valence-electron chi connectivity index (χ0n) is 23.3. The largest absolute Gasteiger partial charge is 0.493 e. The van der Waals surface area contributed by atoms with E-state index in [1.54, 1.807) is 0 Å². The number of anilines is 1. The van der Waals surface area contributed by atoms with Crippen LogP contribution < -0.4 is 9.64 Å². The van der Waals surface area contributed by atoms with Gasteiger partial charge in [-0.25, -0.2) is 0 Å². The third-order valence-electron chi connectivity index (χ3n) is 7.20. The van der Waals surface area contributed by atoms with Crippen molar-refractivity contribution in [1.29, 1.82) is 0 Å². The van der Waals surface area contributed by atoms with Crippen molar-refractivity contribution in [1.82, 2.24) is 0 Å². The van der Waals surface area contributed by atoms with Crippen molar-refractivity contribution in [3.8, 4) is 5.75 Å². The van der Waals surface area contributed by atoms with Crippen LogP contribution in [-0.2, 0) is 11.0 Å². The molecule has 35 heavy (non-hydrogen) atoms. The molecule has 0 spiro atoms. The van der Waals surface area contributed by atoms with Crippen molar-refractivity contribution < 1.29 is 9.30 Å². The normalized spacial score (nSPS) is 16.4. The van der Waals surface area contributed by atoms with Gasteiger partial charge in [-0.15, -0.1) is 0 Å². The van der Waals surface area contributed by atoms with Crippen LogP contribution in [0.5, 0.6) is 5.75 Å². The van der Waals surface area contributed by atoms with E-state index in [0.717, 1.165) is 38.0 Å². The fraction of sp³-hybridized carbons (Fsp3) is 0.613. The number of aryl methyl sites for hydroxylation is 2. The number of benzene rings is 2. The summed E-state index contributed by atoms with van der Waals surface area (Å²) in [6.07, 6.45) is 6.74. The van der Waals surface area contributed by atoms with Crippen LogP contribution in [0.15, 0.2) is 42.5 Å². The number of rotatable bonds is 10. The van der Waals surface area contributed by atoms with E-state index in [1.807, 2.05) is 13.3 Å². The van der Waals surface area contributed by atoms with Gasteiger partial charge in [0, 0.05) is 24.9 Å². The second-order valence-corrected chi connectivity index (χ2v) is 16.0. The molecule has 1 heterocycles. The molecule has 0 bridgehead atoms. The Kier molecular flexibility index (Phi) is 9.55. The molecule has 3 rings (SSSR count). The van der Waals surface area contributed by atoms with Gasteiger partial charge in [-0.05, 0) is 104 Å². The second-order valence-electron chi connectivity index (χ2n) is 12.5. The minimum atomic E-state index is -2.04. The van der Waals surface area contributed by atoms with Crippen LogP contribution in [0.3, 0.4) is 0 Å². The molecule has 0 amide bonds. The molecule has 3 nitrogen and oxygen atoms in total. The Bertz CT molecular complexity index is 995. The van der Waals surface area contributed by atoms with Gasteiger partial charge in [-0.1, -0.05) is 52.0 Å². The molecular formula is C31H48NO2P. The molecule has 0 unspecified atom stereocenters. The third kappa shape index (κ3) is 9.34. The minimum Gasteiger partial charge on any atom is -0.493 e. The molecule has 0 N–H and O–H groups in total. The number of piperidine rings is 1. The molecule has 0 aliphatic carbocycles. The highest BCUT2D eigenvalue weighted by Crippen LogP contribution is 2.41. The zero-order chi connectivity index (χ0) is 25.6. The fourth-order valence-electron chi connectivity index (χ4n) is 5.22. The monoisotopic (exact) mass is 497 g/mol. The van der Waals surface area contributed by atoms with E-state index in [1.165, 1.54) is 48.1 Å². The van der Waals surface area contributed by atoms with Crippen LogP contribution in [0.25, 0.3) is 0 Å². The van der Waals surface area contributed by atoms with Gasteiger partial charge in [0.25, 0.3) is 0 Å². The summed E-state index contributed by atoms with van der Waals surface area (Å²) in [4.78, 5) is 2.60. The summed E-state index contributed by atoms with van der Waals surface area (Å²) in [6, 6.07) is 15.4. The summed E-state index contributed by atoms with van der Waals surface area (Å²) >= 11 is 0. The van der Waals surface area contributed by atoms with Crippen LogP contribution in [0.1, 0.15) is 76.0 Å². The van der Waals surface area contributed by atoms with E-state index in [2.05, 4.69) is 82.0 Å². The standard InChI is InChI=1S/C31H48NO2P/c1-24-13-14-27(11-9-17-31(3,4)5)30(20-24)32-18-15-26(16-19-32)22-34-29-12-8-10-28(21-29)25(2)23-35(6,7)33/h8,10,12-14,20-21,25-26H,9,11,15-19,22-23H2,1-7H3/t25-/m0/s1. The summed E-state index contributed by atoms with van der Waals surface area (Å²) in [5.41, 5.74) is 5.92. The summed E-state index contributed by atoms with van der Waals surface area (Å²) in [6.45, 7) is 18.1. The van der Waals surface area contributed by atoms with Gasteiger partial charge in [-0.3, -0.25) is 0 Å². The van der Waals surface area contributed by atoms with E-state index in [4.69, 9.17) is 4.74 Å². The first kappa shape index (κ1) is 27.9. The number of nitrogens with zero attached hydrogens (tertiary/aromatic N) is 1. The second kappa shape index (κ2) is 12.0. The SMILES string of the molecule is Cc1ccc(CCCC(C)(C)C)c(N2CCC(COc3cccc([C@@H](C)CP(C)(C)=O)c3)CC2)c1. The summed E-state index contributed by atoms with van der Waals surface area (Å²) < 4.78 is 18.5. The van der Waals surface area contributed by atoms with Crippen LogP contribution in [0, 0.1) is 18.3 Å². The molecule has 4 heteroatoms.